The second-order valence-electron chi connectivity index (χ2n) is 15.8. The van der Waals surface area contributed by atoms with Gasteiger partial charge in [0.1, 0.15) is 11.6 Å². The molecule has 1 atom stereocenters. The van der Waals surface area contributed by atoms with Crippen molar-refractivity contribution in [3.63, 3.8) is 0 Å². The number of aromatic hydroxyl groups is 1. The van der Waals surface area contributed by atoms with E-state index in [2.05, 4.69) is 145 Å². The van der Waals surface area contributed by atoms with Gasteiger partial charge in [-0.3, -0.25) is 9.55 Å². The van der Waals surface area contributed by atoms with E-state index in [-0.39, 0.29) is 32.7 Å². The van der Waals surface area contributed by atoms with E-state index in [1.807, 2.05) is 72.9 Å². The van der Waals surface area contributed by atoms with Crippen molar-refractivity contribution >= 4 is 11.0 Å². The molecule has 0 saturated carbocycles. The molecule has 1 aliphatic carbocycles. The number of hydrogen-bond acceptors (Lipinski definition) is 3. The number of pyridine rings is 1. The van der Waals surface area contributed by atoms with Crippen LogP contribution < -0.4 is 0 Å². The Morgan fingerprint density at radius 1 is 0.548 bits per heavy atom. The number of para-hydroxylation sites is 3. The number of aromatic nitrogens is 3. The first kappa shape index (κ1) is 39.0. The standard InChI is InChI=1S/C57H40N3O.Pt/c1-37(38-16-5-2-6-17-38)40-21-13-22-41(32-40)43-33-44(35-45(34-43)54-52-36-42-20-11-12-25-47(42)50(52)30-31-58-54)48-26-15-29-53-55(48)59-57(60(53)46-23-9-4-10-24-46)51-28-14-27-49(56(51)61)39-18-7-3-8-19-39;/h2-34,37,61H,36H2,1H3;/q-1;. The summed E-state index contributed by atoms with van der Waals surface area (Å²) in [7, 11) is 0. The van der Waals surface area contributed by atoms with Crippen molar-refractivity contribution in [3.05, 3.63) is 229 Å². The van der Waals surface area contributed by atoms with Crippen molar-refractivity contribution < 1.29 is 26.2 Å². The Balaban J connectivity index is 0.00000458. The zero-order valence-electron chi connectivity index (χ0n) is 33.9. The summed E-state index contributed by atoms with van der Waals surface area (Å²) in [5, 5.41) is 12.0. The van der Waals surface area contributed by atoms with Crippen molar-refractivity contribution in [2.45, 2.75) is 19.3 Å². The summed E-state index contributed by atoms with van der Waals surface area (Å²) in [6, 6.07) is 71.3. The summed E-state index contributed by atoms with van der Waals surface area (Å²) >= 11 is 0. The van der Waals surface area contributed by atoms with Crippen molar-refractivity contribution in [2.75, 3.05) is 0 Å². The third kappa shape index (κ3) is 6.87. The number of fused-ring (bicyclic) bond motifs is 4. The maximum absolute atomic E-state index is 12.0. The molecule has 8 aromatic carbocycles. The first-order valence-electron chi connectivity index (χ1n) is 20.8. The van der Waals surface area contributed by atoms with E-state index in [1.54, 1.807) is 0 Å². The molecular weight excluding hydrogens is 938 g/mol. The fourth-order valence-electron chi connectivity index (χ4n) is 9.12. The van der Waals surface area contributed by atoms with Crippen LogP contribution in [0.5, 0.6) is 5.75 Å². The van der Waals surface area contributed by atoms with E-state index >= 15 is 0 Å². The van der Waals surface area contributed by atoms with Gasteiger partial charge in [0.05, 0.1) is 16.6 Å². The topological polar surface area (TPSA) is 50.9 Å². The van der Waals surface area contributed by atoms with E-state index in [0.717, 1.165) is 67.8 Å². The number of phenolic OH excluding ortho intramolecular Hbond substituents is 1. The van der Waals surface area contributed by atoms with E-state index in [1.165, 1.54) is 33.4 Å². The average molecular weight is 978 g/mol. The predicted molar refractivity (Wildman–Crippen MR) is 249 cm³/mol. The summed E-state index contributed by atoms with van der Waals surface area (Å²) in [6.45, 7) is 2.27. The van der Waals surface area contributed by atoms with Gasteiger partial charge in [-0.15, -0.1) is 23.8 Å². The Bertz CT molecular complexity index is 3250. The van der Waals surface area contributed by atoms with Crippen LogP contribution in [0, 0.1) is 6.07 Å². The van der Waals surface area contributed by atoms with Gasteiger partial charge < -0.3 is 5.11 Å². The summed E-state index contributed by atoms with van der Waals surface area (Å²) in [4.78, 5) is 10.5. The molecule has 0 aliphatic heterocycles. The number of rotatable bonds is 8. The number of hydrogen-bond donors (Lipinski definition) is 1. The molecule has 0 spiro atoms. The van der Waals surface area contributed by atoms with Gasteiger partial charge >= 0.3 is 0 Å². The first-order chi connectivity index (χ1) is 30.1. The van der Waals surface area contributed by atoms with Crippen LogP contribution in [0.2, 0.25) is 0 Å². The molecule has 11 rings (SSSR count). The van der Waals surface area contributed by atoms with Crippen LogP contribution in [-0.4, -0.2) is 19.6 Å². The first-order valence-corrected chi connectivity index (χ1v) is 20.8. The molecule has 5 heteroatoms. The van der Waals surface area contributed by atoms with Crippen LogP contribution in [0.15, 0.2) is 200 Å². The van der Waals surface area contributed by atoms with E-state index < -0.39 is 0 Å². The molecule has 2 aromatic heterocycles. The van der Waals surface area contributed by atoms with Gasteiger partial charge in [-0.1, -0.05) is 175 Å². The van der Waals surface area contributed by atoms with E-state index in [4.69, 9.17) is 9.97 Å². The van der Waals surface area contributed by atoms with Crippen LogP contribution in [-0.2, 0) is 27.5 Å². The molecule has 1 N–H and O–H groups in total. The Kier molecular flexibility index (Phi) is 10.3. The van der Waals surface area contributed by atoms with Crippen LogP contribution in [0.1, 0.15) is 35.1 Å². The number of imidazole rings is 1. The normalized spacial score (nSPS) is 12.1. The summed E-state index contributed by atoms with van der Waals surface area (Å²) < 4.78 is 2.16. The Hall–Kier alpha value is -7.13. The molecule has 0 radical (unpaired) electrons. The number of phenols is 1. The summed E-state index contributed by atoms with van der Waals surface area (Å²) in [5.41, 5.74) is 18.5. The fourth-order valence-corrected chi connectivity index (χ4v) is 9.12. The minimum Gasteiger partial charge on any atom is -0.507 e. The fraction of sp³-hybridized carbons (Fsp3) is 0.0526. The van der Waals surface area contributed by atoms with Gasteiger partial charge in [-0.05, 0) is 81.3 Å². The molecule has 1 unspecified atom stereocenters. The molecule has 2 heterocycles. The van der Waals surface area contributed by atoms with Gasteiger partial charge in [-0.25, -0.2) is 4.98 Å². The van der Waals surface area contributed by atoms with Crippen LogP contribution in [0.25, 0.3) is 83.9 Å². The monoisotopic (exact) mass is 977 g/mol. The van der Waals surface area contributed by atoms with Crippen LogP contribution >= 0.6 is 0 Å². The van der Waals surface area contributed by atoms with Gasteiger partial charge in [0.2, 0.25) is 0 Å². The second kappa shape index (κ2) is 16.4. The molecule has 0 fully saturated rings. The molecule has 0 saturated heterocycles. The predicted octanol–water partition coefficient (Wildman–Crippen LogP) is 14.0. The minimum absolute atomic E-state index is 0. The van der Waals surface area contributed by atoms with Crippen molar-refractivity contribution in [1.82, 2.24) is 14.5 Å². The zero-order valence-corrected chi connectivity index (χ0v) is 36.2. The third-order valence-corrected chi connectivity index (χ3v) is 12.2. The Morgan fingerprint density at radius 3 is 2.00 bits per heavy atom. The number of benzene rings is 8. The maximum Gasteiger partial charge on any atom is 0.148 e. The molecule has 4 nitrogen and oxygen atoms in total. The zero-order chi connectivity index (χ0) is 40.9. The van der Waals surface area contributed by atoms with E-state index in [0.29, 0.717) is 11.4 Å². The van der Waals surface area contributed by atoms with Gasteiger partial charge in [0.25, 0.3) is 0 Å². The minimum atomic E-state index is 0. The van der Waals surface area contributed by atoms with Crippen LogP contribution in [0.4, 0.5) is 0 Å². The molecule has 0 bridgehead atoms. The largest absolute Gasteiger partial charge is 0.507 e. The Morgan fingerprint density at radius 2 is 1.18 bits per heavy atom. The smallest absolute Gasteiger partial charge is 0.148 e. The van der Waals surface area contributed by atoms with Gasteiger partial charge in [-0.2, -0.15) is 0 Å². The molecule has 300 valence electrons. The molecule has 10 aromatic rings. The van der Waals surface area contributed by atoms with Crippen LogP contribution in [0.3, 0.4) is 0 Å². The number of nitrogens with zero attached hydrogens (tertiary/aromatic N) is 3. The third-order valence-electron chi connectivity index (χ3n) is 12.2. The summed E-state index contributed by atoms with van der Waals surface area (Å²) in [5.74, 6) is 1.07. The van der Waals surface area contributed by atoms with E-state index in [9.17, 15) is 5.11 Å². The van der Waals surface area contributed by atoms with Gasteiger partial charge in [0, 0.05) is 50.1 Å². The maximum atomic E-state index is 12.0. The molecular formula is C57H40N3OPt-. The van der Waals surface area contributed by atoms with Gasteiger partial charge in [0.15, 0.2) is 0 Å². The summed E-state index contributed by atoms with van der Waals surface area (Å²) in [6.07, 6.45) is 2.75. The molecule has 62 heavy (non-hydrogen) atoms. The van der Waals surface area contributed by atoms with Crippen molar-refractivity contribution in [3.8, 4) is 78.6 Å². The van der Waals surface area contributed by atoms with Crippen molar-refractivity contribution in [1.29, 1.82) is 0 Å². The average Bonchev–Trinajstić information content (AvgIpc) is 3.91. The van der Waals surface area contributed by atoms with Crippen molar-refractivity contribution in [2.24, 2.45) is 0 Å². The Labute approximate surface area is 376 Å². The quantitative estimate of drug-likeness (QED) is 0.154. The second-order valence-corrected chi connectivity index (χ2v) is 15.8. The SMILES string of the molecule is CC(c1ccccc1)c1cccc(-c2cc(-c3nccc4c3Cc3ccccc3-4)[c-]c(-c3cccc4c3nc(-c3cccc(-c5ccccc5)c3O)n4-c3ccccc3)c2)c1.[Pt]. The molecule has 1 aliphatic rings. The molecule has 0 amide bonds.